The molecule has 1 atom stereocenters. The number of benzene rings is 1. The lowest BCUT2D eigenvalue weighted by atomic mass is 10.3. The van der Waals surface area contributed by atoms with Crippen LogP contribution < -0.4 is 9.47 Å². The first-order chi connectivity index (χ1) is 9.97. The molecule has 0 heterocycles. The molecule has 1 rings (SSSR count). The van der Waals surface area contributed by atoms with E-state index >= 15 is 0 Å². The van der Waals surface area contributed by atoms with Gasteiger partial charge in [0, 0.05) is 12.7 Å². The number of hydrogen-bond donors (Lipinski definition) is 0. The molecule has 6 nitrogen and oxygen atoms in total. The van der Waals surface area contributed by atoms with Gasteiger partial charge < -0.3 is 18.9 Å². The molecule has 0 aliphatic carbocycles. The quantitative estimate of drug-likeness (QED) is 0.433. The summed E-state index contributed by atoms with van der Waals surface area (Å²) in [4.78, 5) is 23.2. The van der Waals surface area contributed by atoms with Gasteiger partial charge in [-0.3, -0.25) is 0 Å². The fourth-order valence-electron chi connectivity index (χ4n) is 1.33. The van der Waals surface area contributed by atoms with Crippen LogP contribution in [0.1, 0.15) is 6.92 Å². The molecule has 0 N–H and O–H groups in total. The number of carbonyl (C=O) groups is 2. The lowest BCUT2D eigenvalue weighted by Crippen LogP contribution is -2.33. The average molecular weight is 294 g/mol. The maximum atomic E-state index is 11.9. The van der Waals surface area contributed by atoms with Crippen LogP contribution in [-0.4, -0.2) is 38.9 Å². The van der Waals surface area contributed by atoms with Crippen molar-refractivity contribution in [2.75, 3.05) is 20.8 Å². The molecule has 0 fully saturated rings. The van der Waals surface area contributed by atoms with Gasteiger partial charge in [0.15, 0.2) is 6.10 Å². The van der Waals surface area contributed by atoms with Crippen LogP contribution in [-0.2, 0) is 19.1 Å². The van der Waals surface area contributed by atoms with Crippen molar-refractivity contribution < 1.29 is 28.5 Å². The Morgan fingerprint density at radius 1 is 1.14 bits per heavy atom. The number of methoxy groups -OCH3 is 2. The van der Waals surface area contributed by atoms with E-state index in [4.69, 9.17) is 18.9 Å². The highest BCUT2D eigenvalue weighted by atomic mass is 16.6. The van der Waals surface area contributed by atoms with E-state index in [0.717, 1.165) is 0 Å². The zero-order valence-corrected chi connectivity index (χ0v) is 12.3. The van der Waals surface area contributed by atoms with Gasteiger partial charge in [-0.1, -0.05) is 6.58 Å². The molecule has 1 unspecified atom stereocenters. The minimum absolute atomic E-state index is 0.239. The zero-order valence-electron chi connectivity index (χ0n) is 12.3. The molecule has 0 aliphatic rings. The summed E-state index contributed by atoms with van der Waals surface area (Å²) >= 11 is 0. The number of esters is 2. The lowest BCUT2D eigenvalue weighted by molar-refractivity contribution is -0.154. The summed E-state index contributed by atoms with van der Waals surface area (Å²) in [6.07, 6.45) is -1.00. The molecule has 0 bridgehead atoms. The fraction of sp³-hybridized carbons (Fsp3) is 0.333. The summed E-state index contributed by atoms with van der Waals surface area (Å²) in [7, 11) is 2.87. The van der Waals surface area contributed by atoms with Gasteiger partial charge in [0.1, 0.15) is 18.1 Å². The number of rotatable bonds is 7. The summed E-state index contributed by atoms with van der Waals surface area (Å²) < 4.78 is 19.9. The van der Waals surface area contributed by atoms with E-state index in [2.05, 4.69) is 6.58 Å². The molecule has 21 heavy (non-hydrogen) atoms. The topological polar surface area (TPSA) is 71.1 Å². The molecule has 0 amide bonds. The molecule has 0 saturated carbocycles. The minimum Gasteiger partial charge on any atom is -0.497 e. The van der Waals surface area contributed by atoms with Crippen molar-refractivity contribution >= 4 is 11.9 Å². The molecular weight excluding hydrogens is 276 g/mol. The normalized spacial score (nSPS) is 11.4. The average Bonchev–Trinajstić information content (AvgIpc) is 2.48. The molecule has 114 valence electrons. The Morgan fingerprint density at radius 2 is 1.71 bits per heavy atom. The van der Waals surface area contributed by atoms with Gasteiger partial charge in [0.25, 0.3) is 0 Å². The highest BCUT2D eigenvalue weighted by molar-refractivity contribution is 5.87. The second-order valence-corrected chi connectivity index (χ2v) is 4.20. The predicted octanol–water partition coefficient (Wildman–Crippen LogP) is 1.73. The first-order valence-corrected chi connectivity index (χ1v) is 6.19. The Bertz CT molecular complexity index is 505. The number of carbonyl (C=O) groups excluding carboxylic acids is 2. The number of ether oxygens (including phenoxy) is 4. The SMILES string of the molecule is C=C(C)C(=O)OCC(OC)C(=O)Oc1ccc(OC)cc1. The summed E-state index contributed by atoms with van der Waals surface area (Å²) in [5, 5.41) is 0. The third kappa shape index (κ3) is 5.27. The van der Waals surface area contributed by atoms with Crippen molar-refractivity contribution in [2.24, 2.45) is 0 Å². The highest BCUT2D eigenvalue weighted by Crippen LogP contribution is 2.17. The number of hydrogen-bond acceptors (Lipinski definition) is 6. The molecule has 0 spiro atoms. The molecule has 0 aromatic heterocycles. The molecule has 6 heteroatoms. The monoisotopic (exact) mass is 294 g/mol. The van der Waals surface area contributed by atoms with E-state index in [1.54, 1.807) is 24.3 Å². The summed E-state index contributed by atoms with van der Waals surface area (Å²) in [5.41, 5.74) is 0.244. The Balaban J connectivity index is 2.57. The van der Waals surface area contributed by atoms with Crippen molar-refractivity contribution in [2.45, 2.75) is 13.0 Å². The van der Waals surface area contributed by atoms with E-state index < -0.39 is 18.0 Å². The predicted molar refractivity (Wildman–Crippen MR) is 75.2 cm³/mol. The van der Waals surface area contributed by atoms with Crippen LogP contribution in [0.2, 0.25) is 0 Å². The third-order valence-corrected chi connectivity index (χ3v) is 2.54. The standard InChI is InChI=1S/C15H18O6/c1-10(2)14(16)20-9-13(19-4)15(17)21-12-7-5-11(18-3)6-8-12/h5-8,13H,1,9H2,2-4H3. The van der Waals surface area contributed by atoms with Crippen LogP contribution in [0.4, 0.5) is 0 Å². The highest BCUT2D eigenvalue weighted by Gasteiger charge is 2.22. The Hall–Kier alpha value is -2.34. The van der Waals surface area contributed by atoms with Crippen LogP contribution >= 0.6 is 0 Å². The summed E-state index contributed by atoms with van der Waals surface area (Å²) in [5.74, 6) is -0.256. The Kier molecular flexibility index (Phi) is 6.42. The largest absolute Gasteiger partial charge is 0.497 e. The van der Waals surface area contributed by atoms with Crippen molar-refractivity contribution in [3.63, 3.8) is 0 Å². The molecular formula is C15H18O6. The maximum absolute atomic E-state index is 11.9. The first kappa shape index (κ1) is 16.7. The molecule has 1 aromatic rings. The van der Waals surface area contributed by atoms with Crippen LogP contribution in [0.3, 0.4) is 0 Å². The van der Waals surface area contributed by atoms with Gasteiger partial charge in [-0.2, -0.15) is 0 Å². The van der Waals surface area contributed by atoms with Crippen molar-refractivity contribution in [3.05, 3.63) is 36.4 Å². The Labute approximate surface area is 123 Å². The van der Waals surface area contributed by atoms with Gasteiger partial charge in [0.05, 0.1) is 7.11 Å². The van der Waals surface area contributed by atoms with Crippen molar-refractivity contribution in [3.8, 4) is 11.5 Å². The van der Waals surface area contributed by atoms with Crippen LogP contribution in [0.15, 0.2) is 36.4 Å². The van der Waals surface area contributed by atoms with Crippen LogP contribution in [0, 0.1) is 0 Å². The summed E-state index contributed by atoms with van der Waals surface area (Å²) in [6.45, 7) is 4.72. The first-order valence-electron chi connectivity index (χ1n) is 6.19. The van der Waals surface area contributed by atoms with Gasteiger partial charge in [-0.05, 0) is 31.2 Å². The van der Waals surface area contributed by atoms with Crippen LogP contribution in [0.25, 0.3) is 0 Å². The van der Waals surface area contributed by atoms with E-state index in [9.17, 15) is 9.59 Å². The zero-order chi connectivity index (χ0) is 15.8. The molecule has 0 radical (unpaired) electrons. The van der Waals surface area contributed by atoms with Crippen molar-refractivity contribution in [1.29, 1.82) is 0 Å². The van der Waals surface area contributed by atoms with E-state index in [0.29, 0.717) is 11.5 Å². The second kappa shape index (κ2) is 8.06. The Morgan fingerprint density at radius 3 is 2.19 bits per heavy atom. The molecule has 0 saturated heterocycles. The maximum Gasteiger partial charge on any atom is 0.344 e. The van der Waals surface area contributed by atoms with Gasteiger partial charge >= 0.3 is 11.9 Å². The lowest BCUT2D eigenvalue weighted by Gasteiger charge is -2.14. The second-order valence-electron chi connectivity index (χ2n) is 4.20. The van der Waals surface area contributed by atoms with Crippen LogP contribution in [0.5, 0.6) is 11.5 Å². The van der Waals surface area contributed by atoms with Gasteiger partial charge in [0.2, 0.25) is 0 Å². The summed E-state index contributed by atoms with van der Waals surface area (Å²) in [6, 6.07) is 6.49. The molecule has 0 aliphatic heterocycles. The third-order valence-electron chi connectivity index (χ3n) is 2.54. The fourth-order valence-corrected chi connectivity index (χ4v) is 1.33. The van der Waals surface area contributed by atoms with Crippen molar-refractivity contribution in [1.82, 2.24) is 0 Å². The minimum atomic E-state index is -1.00. The van der Waals surface area contributed by atoms with Gasteiger partial charge in [-0.15, -0.1) is 0 Å². The van der Waals surface area contributed by atoms with Gasteiger partial charge in [-0.25, -0.2) is 9.59 Å². The smallest absolute Gasteiger partial charge is 0.344 e. The van der Waals surface area contributed by atoms with E-state index in [1.165, 1.54) is 21.1 Å². The van der Waals surface area contributed by atoms with E-state index in [1.807, 2.05) is 0 Å². The van der Waals surface area contributed by atoms with E-state index in [-0.39, 0.29) is 12.2 Å². The molecule has 1 aromatic carbocycles.